The van der Waals surface area contributed by atoms with Crippen LogP contribution in [0.15, 0.2) is 54.7 Å². The average molecular weight is 440 g/mol. The van der Waals surface area contributed by atoms with Gasteiger partial charge in [0.2, 0.25) is 0 Å². The van der Waals surface area contributed by atoms with Crippen molar-refractivity contribution in [3.8, 4) is 5.75 Å². The second kappa shape index (κ2) is 8.64. The number of rotatable bonds is 4. The van der Waals surface area contributed by atoms with E-state index in [1.54, 1.807) is 13.2 Å². The Kier molecular flexibility index (Phi) is 5.93. The number of carbonyl (C=O) groups is 1. The van der Waals surface area contributed by atoms with Gasteiger partial charge in [-0.3, -0.25) is 14.8 Å². The Hall–Kier alpha value is -2.97. The molecule has 1 fully saturated rings. The van der Waals surface area contributed by atoms with Crippen molar-refractivity contribution in [2.75, 3.05) is 36.5 Å². The summed E-state index contributed by atoms with van der Waals surface area (Å²) in [6.07, 6.45) is 1.19. The number of anilines is 1. The van der Waals surface area contributed by atoms with Crippen LogP contribution in [-0.4, -0.2) is 56.0 Å². The molecule has 1 amide bonds. The maximum Gasteiger partial charge on any atom is 0.419 e. The maximum absolute atomic E-state index is 12.8. The highest BCUT2D eigenvalue weighted by Gasteiger charge is 2.23. The van der Waals surface area contributed by atoms with Crippen LogP contribution in [0.25, 0.3) is 10.9 Å². The lowest BCUT2D eigenvalue weighted by molar-refractivity contribution is 0.209. The summed E-state index contributed by atoms with van der Waals surface area (Å²) in [5.74, 6) is 0.807. The van der Waals surface area contributed by atoms with Crippen LogP contribution in [-0.2, 0) is 16.4 Å². The first kappa shape index (κ1) is 21.3. The van der Waals surface area contributed by atoms with Crippen molar-refractivity contribution in [2.45, 2.75) is 13.5 Å². The topological polar surface area (TPSA) is 79.8 Å². The summed E-state index contributed by atoms with van der Waals surface area (Å²) < 4.78 is 29.2. The van der Waals surface area contributed by atoms with Gasteiger partial charge < -0.3 is 4.74 Å². The van der Waals surface area contributed by atoms with E-state index in [0.717, 1.165) is 22.2 Å². The molecule has 7 nitrogen and oxygen atoms in total. The van der Waals surface area contributed by atoms with Crippen molar-refractivity contribution >= 4 is 32.5 Å². The summed E-state index contributed by atoms with van der Waals surface area (Å²) >= 11 is 0. The van der Waals surface area contributed by atoms with E-state index in [4.69, 9.17) is 4.74 Å². The maximum atomic E-state index is 12.8. The lowest BCUT2D eigenvalue weighted by Crippen LogP contribution is -2.39. The molecule has 0 radical (unpaired) electrons. The molecule has 3 aromatic rings. The molecule has 4 rings (SSSR count). The van der Waals surface area contributed by atoms with Crippen molar-refractivity contribution in [1.29, 1.82) is 0 Å². The number of aryl methyl sites for hydroxylation is 1. The Morgan fingerprint density at radius 3 is 2.55 bits per heavy atom. The van der Waals surface area contributed by atoms with Gasteiger partial charge in [-0.1, -0.05) is 30.3 Å². The fourth-order valence-corrected chi connectivity index (χ4v) is 5.04. The molecule has 0 unspecified atom stereocenters. The molecular weight excluding hydrogens is 414 g/mol. The minimum absolute atomic E-state index is 0.184. The second-order valence-corrected chi connectivity index (χ2v) is 10.1. The van der Waals surface area contributed by atoms with Gasteiger partial charge in [-0.2, -0.15) is 0 Å². The third-order valence-electron chi connectivity index (χ3n) is 5.56. The minimum Gasteiger partial charge on any atom is -0.407 e. The number of para-hydroxylation sites is 1. The van der Waals surface area contributed by atoms with E-state index in [1.807, 2.05) is 55.5 Å². The third-order valence-corrected chi connectivity index (χ3v) is 7.16. The van der Waals surface area contributed by atoms with Gasteiger partial charge in [-0.25, -0.2) is 13.2 Å². The molecule has 1 aliphatic heterocycles. The largest absolute Gasteiger partial charge is 0.419 e. The van der Waals surface area contributed by atoms with Gasteiger partial charge >= 0.3 is 6.09 Å². The van der Waals surface area contributed by atoms with Gasteiger partial charge in [0, 0.05) is 44.0 Å². The SMILES string of the molecule is Cc1cc(CN2CCS(=O)(=O)CC2)c2cccnc2c1OC(=O)N(C)c1ccccc1. The third kappa shape index (κ3) is 4.70. The predicted molar refractivity (Wildman–Crippen MR) is 121 cm³/mol. The number of ether oxygens (including phenoxy) is 1. The normalized spacial score (nSPS) is 16.2. The zero-order valence-corrected chi connectivity index (χ0v) is 18.4. The smallest absolute Gasteiger partial charge is 0.407 e. The fourth-order valence-electron chi connectivity index (χ4n) is 3.76. The van der Waals surface area contributed by atoms with E-state index in [1.165, 1.54) is 4.90 Å². The zero-order chi connectivity index (χ0) is 22.0. The number of benzene rings is 2. The van der Waals surface area contributed by atoms with Crippen LogP contribution in [0.1, 0.15) is 11.1 Å². The highest BCUT2D eigenvalue weighted by atomic mass is 32.2. The van der Waals surface area contributed by atoms with E-state index >= 15 is 0 Å². The van der Waals surface area contributed by atoms with Gasteiger partial charge in [0.05, 0.1) is 11.5 Å². The van der Waals surface area contributed by atoms with Gasteiger partial charge in [-0.05, 0) is 36.2 Å². The van der Waals surface area contributed by atoms with E-state index in [0.29, 0.717) is 30.9 Å². The van der Waals surface area contributed by atoms with Crippen LogP contribution in [0.2, 0.25) is 0 Å². The van der Waals surface area contributed by atoms with Crippen LogP contribution >= 0.6 is 0 Å². The summed E-state index contributed by atoms with van der Waals surface area (Å²) in [6, 6.07) is 15.1. The molecule has 8 heteroatoms. The molecule has 0 aliphatic carbocycles. The van der Waals surface area contributed by atoms with Crippen molar-refractivity contribution in [3.05, 3.63) is 65.9 Å². The molecule has 0 atom stereocenters. The van der Waals surface area contributed by atoms with Gasteiger partial charge in [0.1, 0.15) is 5.52 Å². The van der Waals surface area contributed by atoms with E-state index in [2.05, 4.69) is 9.88 Å². The quantitative estimate of drug-likeness (QED) is 0.620. The summed E-state index contributed by atoms with van der Waals surface area (Å²) in [4.78, 5) is 20.9. The second-order valence-electron chi connectivity index (χ2n) is 7.77. The standard InChI is InChI=1S/C23H25N3O4S/c1-17-15-18(16-26-11-13-31(28,29)14-12-26)20-9-6-10-24-21(20)22(17)30-23(27)25(2)19-7-4-3-5-8-19/h3-10,15H,11-14,16H2,1-2H3. The first-order chi connectivity index (χ1) is 14.8. The molecule has 0 spiro atoms. The molecule has 162 valence electrons. The molecule has 2 aromatic carbocycles. The first-order valence-electron chi connectivity index (χ1n) is 10.1. The van der Waals surface area contributed by atoms with Crippen LogP contribution in [0.3, 0.4) is 0 Å². The summed E-state index contributed by atoms with van der Waals surface area (Å²) in [5.41, 5.74) is 3.20. The summed E-state index contributed by atoms with van der Waals surface area (Å²) in [6.45, 7) is 3.55. The Morgan fingerprint density at radius 2 is 1.84 bits per heavy atom. The number of pyridine rings is 1. The number of amides is 1. The molecule has 31 heavy (non-hydrogen) atoms. The molecule has 0 N–H and O–H groups in total. The van der Waals surface area contributed by atoms with Crippen molar-refractivity contribution in [1.82, 2.24) is 9.88 Å². The Balaban J connectivity index is 1.61. The Labute approximate surface area is 182 Å². The lowest BCUT2D eigenvalue weighted by Gasteiger charge is -2.27. The van der Waals surface area contributed by atoms with Gasteiger partial charge in [0.15, 0.2) is 15.6 Å². The van der Waals surface area contributed by atoms with E-state index < -0.39 is 15.9 Å². The molecule has 1 saturated heterocycles. The van der Waals surface area contributed by atoms with Crippen LogP contribution in [0.4, 0.5) is 10.5 Å². The number of hydrogen-bond donors (Lipinski definition) is 0. The van der Waals surface area contributed by atoms with Crippen LogP contribution in [0, 0.1) is 6.92 Å². The minimum atomic E-state index is -2.93. The number of fused-ring (bicyclic) bond motifs is 1. The number of carbonyl (C=O) groups excluding carboxylic acids is 1. The van der Waals surface area contributed by atoms with Crippen molar-refractivity contribution < 1.29 is 17.9 Å². The number of sulfone groups is 1. The van der Waals surface area contributed by atoms with Crippen molar-refractivity contribution in [3.63, 3.8) is 0 Å². The lowest BCUT2D eigenvalue weighted by atomic mass is 10.0. The van der Waals surface area contributed by atoms with Gasteiger partial charge in [-0.15, -0.1) is 0 Å². The van der Waals surface area contributed by atoms with Crippen LogP contribution in [0.5, 0.6) is 5.75 Å². The zero-order valence-electron chi connectivity index (χ0n) is 17.6. The fraction of sp³-hybridized carbons (Fsp3) is 0.304. The highest BCUT2D eigenvalue weighted by molar-refractivity contribution is 7.91. The van der Waals surface area contributed by atoms with Crippen molar-refractivity contribution in [2.24, 2.45) is 0 Å². The molecular formula is C23H25N3O4S. The molecule has 2 heterocycles. The number of hydrogen-bond acceptors (Lipinski definition) is 6. The van der Waals surface area contributed by atoms with Gasteiger partial charge in [0.25, 0.3) is 0 Å². The van der Waals surface area contributed by atoms with E-state index in [-0.39, 0.29) is 11.5 Å². The monoisotopic (exact) mass is 439 g/mol. The summed E-state index contributed by atoms with van der Waals surface area (Å²) in [7, 11) is -1.26. The van der Waals surface area contributed by atoms with Crippen LogP contribution < -0.4 is 9.64 Å². The molecule has 0 bridgehead atoms. The number of nitrogens with zero attached hydrogens (tertiary/aromatic N) is 3. The summed E-state index contributed by atoms with van der Waals surface area (Å²) in [5, 5.41) is 0.895. The van der Waals surface area contributed by atoms with E-state index in [9.17, 15) is 13.2 Å². The Morgan fingerprint density at radius 1 is 1.13 bits per heavy atom. The first-order valence-corrected chi connectivity index (χ1v) is 12.0. The highest BCUT2D eigenvalue weighted by Crippen LogP contribution is 2.32. The molecule has 0 saturated carbocycles. The molecule has 1 aliphatic rings. The average Bonchev–Trinajstić information content (AvgIpc) is 2.77. The Bertz CT molecular complexity index is 1200. The predicted octanol–water partition coefficient (Wildman–Crippen LogP) is 3.41. The molecule has 1 aromatic heterocycles. The number of aromatic nitrogens is 1.